The van der Waals surface area contributed by atoms with Crippen molar-refractivity contribution < 1.29 is 25.9 Å². The van der Waals surface area contributed by atoms with E-state index >= 15 is 0 Å². The quantitative estimate of drug-likeness (QED) is 0.700. The maximum atomic E-state index is 10.6. The minimum absolute atomic E-state index is 0. The number of allylic oxidation sites excluding steroid dienone is 2. The Kier molecular flexibility index (Phi) is 10.1. The van der Waals surface area contributed by atoms with Crippen LogP contribution >= 0.6 is 0 Å². The van der Waals surface area contributed by atoms with Crippen LogP contribution in [0.2, 0.25) is 0 Å². The van der Waals surface area contributed by atoms with Gasteiger partial charge in [0.15, 0.2) is 0 Å². The normalized spacial score (nSPS) is 23.9. The first-order chi connectivity index (χ1) is 6.77. The van der Waals surface area contributed by atoms with Gasteiger partial charge in [0.05, 0.1) is 0 Å². The summed E-state index contributed by atoms with van der Waals surface area (Å²) in [6.45, 7) is 8.00. The van der Waals surface area contributed by atoms with Gasteiger partial charge in [-0.15, -0.1) is 11.6 Å². The first-order valence-electron chi connectivity index (χ1n) is 5.39. The summed E-state index contributed by atoms with van der Waals surface area (Å²) in [5.41, 5.74) is 5.61. The predicted octanol–water partition coefficient (Wildman–Crippen LogP) is 2.46. The average molecular weight is 378 g/mol. The van der Waals surface area contributed by atoms with Gasteiger partial charge >= 0.3 is 0 Å². The van der Waals surface area contributed by atoms with Crippen LogP contribution in [0.25, 0.3) is 0 Å². The largest absolute Gasteiger partial charge is 0.418 e. The van der Waals surface area contributed by atoms with Crippen molar-refractivity contribution in [3.8, 4) is 0 Å². The van der Waals surface area contributed by atoms with Gasteiger partial charge in [-0.05, 0) is 5.92 Å². The van der Waals surface area contributed by atoms with Crippen LogP contribution in [-0.4, -0.2) is 5.91 Å². The first-order valence-corrected chi connectivity index (χ1v) is 5.39. The molecule has 1 amide bonds. The van der Waals surface area contributed by atoms with Gasteiger partial charge in [0.1, 0.15) is 5.91 Å². The summed E-state index contributed by atoms with van der Waals surface area (Å²) in [5, 5.41) is 0. The van der Waals surface area contributed by atoms with E-state index in [0.29, 0.717) is 17.4 Å². The van der Waals surface area contributed by atoms with E-state index in [1.54, 1.807) is 0 Å². The fourth-order valence-corrected chi connectivity index (χ4v) is 1.23. The molecule has 0 saturated heterocycles. The van der Waals surface area contributed by atoms with Gasteiger partial charge in [0.2, 0.25) is 0 Å². The molecule has 15 heavy (non-hydrogen) atoms. The molecule has 0 heterocycles. The molecule has 2 rings (SSSR count). The zero-order valence-corrected chi connectivity index (χ0v) is 12.8. The van der Waals surface area contributed by atoms with E-state index in [1.807, 2.05) is 39.8 Å². The van der Waals surface area contributed by atoms with Crippen molar-refractivity contribution in [2.45, 2.75) is 34.1 Å². The Balaban J connectivity index is 0. The smallest absolute Gasteiger partial charge is 0.132 e. The van der Waals surface area contributed by atoms with Crippen LogP contribution in [-0.2, 0) is 25.9 Å². The third-order valence-corrected chi connectivity index (χ3v) is 1.99. The molecular weight excluding hydrogens is 358 g/mol. The molecular formula is C12H20NOW-. The number of nitrogens with two attached hydrogens (primary N) is 1. The Morgan fingerprint density at radius 3 is 2.27 bits per heavy atom. The number of carbonyl (C=O) groups is 1. The molecule has 0 radical (unpaired) electrons. The molecule has 2 atom stereocenters. The Morgan fingerprint density at radius 1 is 1.33 bits per heavy atom. The molecule has 0 aromatic carbocycles. The average Bonchev–Trinajstić information content (AvgIpc) is 3.01. The van der Waals surface area contributed by atoms with Crippen molar-refractivity contribution in [2.75, 3.05) is 0 Å². The number of primary amides is 1. The number of hydrogen-bond acceptors (Lipinski definition) is 1. The maximum Gasteiger partial charge on any atom is 0.132 e. The maximum absolute atomic E-state index is 10.6. The van der Waals surface area contributed by atoms with Gasteiger partial charge in [-0.3, -0.25) is 0 Å². The molecule has 0 aromatic rings. The summed E-state index contributed by atoms with van der Waals surface area (Å²) in [6.07, 6.45) is 7.91. The van der Waals surface area contributed by atoms with Crippen LogP contribution in [0.1, 0.15) is 34.1 Å². The molecule has 0 bridgehead atoms. The second-order valence-corrected chi connectivity index (χ2v) is 2.82. The van der Waals surface area contributed by atoms with Gasteiger partial charge in [0, 0.05) is 21.1 Å². The molecule has 2 aliphatic rings. The summed E-state index contributed by atoms with van der Waals surface area (Å²) < 4.78 is 0. The van der Waals surface area contributed by atoms with E-state index < -0.39 is 0 Å². The van der Waals surface area contributed by atoms with Crippen molar-refractivity contribution in [3.05, 3.63) is 23.8 Å². The summed E-state index contributed by atoms with van der Waals surface area (Å²) in [4.78, 5) is 10.6. The Bertz CT molecular complexity index is 246. The predicted molar refractivity (Wildman–Crippen MR) is 59.4 cm³/mol. The van der Waals surface area contributed by atoms with Gasteiger partial charge in [0.25, 0.3) is 0 Å². The zero-order chi connectivity index (χ0) is 11.1. The Hall–Kier alpha value is -0.362. The van der Waals surface area contributed by atoms with E-state index in [-0.39, 0.29) is 27.0 Å². The molecule has 2 nitrogen and oxygen atoms in total. The number of amides is 1. The van der Waals surface area contributed by atoms with Crippen molar-refractivity contribution in [1.29, 1.82) is 0 Å². The summed E-state index contributed by atoms with van der Waals surface area (Å²) >= 11 is 0. The second kappa shape index (κ2) is 8.91. The van der Waals surface area contributed by atoms with Gasteiger partial charge in [-0.1, -0.05) is 40.0 Å². The molecule has 3 heteroatoms. The van der Waals surface area contributed by atoms with E-state index in [2.05, 4.69) is 6.08 Å². The molecule has 1 saturated carbocycles. The summed E-state index contributed by atoms with van der Waals surface area (Å²) in [7, 11) is 0. The monoisotopic (exact) mass is 378 g/mol. The minimum Gasteiger partial charge on any atom is -0.418 e. The van der Waals surface area contributed by atoms with Crippen LogP contribution in [0.3, 0.4) is 0 Å². The molecule has 2 aliphatic carbocycles. The fraction of sp³-hybridized carbons (Fsp3) is 0.583. The van der Waals surface area contributed by atoms with Crippen molar-refractivity contribution >= 4 is 5.91 Å². The standard InChI is InChI=1S/C8H8NO.2C2H6.W/c9-8(10)6-2-1-5-3-7(5)4-6;2*1-2;/h1,4-5,7H,3H2,(H2,9,10);2*1-2H3;/q-1;;;. The van der Waals surface area contributed by atoms with E-state index in [9.17, 15) is 4.79 Å². The molecule has 2 unspecified atom stereocenters. The minimum atomic E-state index is -0.360. The van der Waals surface area contributed by atoms with Gasteiger partial charge in [-0.2, -0.15) is 12.2 Å². The molecule has 2 N–H and O–H groups in total. The van der Waals surface area contributed by atoms with E-state index in [0.717, 1.165) is 0 Å². The van der Waals surface area contributed by atoms with E-state index in [1.165, 1.54) is 6.42 Å². The van der Waals surface area contributed by atoms with Crippen molar-refractivity contribution in [2.24, 2.45) is 17.6 Å². The number of fused-ring (bicyclic) bond motifs is 1. The molecule has 0 aromatic heterocycles. The Morgan fingerprint density at radius 2 is 1.87 bits per heavy atom. The number of rotatable bonds is 1. The molecule has 0 spiro atoms. The third-order valence-electron chi connectivity index (χ3n) is 1.99. The zero-order valence-electron chi connectivity index (χ0n) is 9.91. The molecule has 1 fully saturated rings. The van der Waals surface area contributed by atoms with Gasteiger partial charge in [-0.25, -0.2) is 0 Å². The number of carbonyl (C=O) groups excluding carboxylic acids is 1. The molecule has 0 aliphatic heterocycles. The van der Waals surface area contributed by atoms with Crippen molar-refractivity contribution in [1.82, 2.24) is 0 Å². The number of hydrogen-bond donors (Lipinski definition) is 1. The van der Waals surface area contributed by atoms with Crippen LogP contribution in [0.5, 0.6) is 0 Å². The van der Waals surface area contributed by atoms with E-state index in [4.69, 9.17) is 5.73 Å². The van der Waals surface area contributed by atoms with Crippen molar-refractivity contribution in [3.63, 3.8) is 0 Å². The van der Waals surface area contributed by atoms with Crippen LogP contribution in [0.15, 0.2) is 17.7 Å². The second-order valence-electron chi connectivity index (χ2n) is 2.82. The molecule has 86 valence electrons. The first kappa shape index (κ1) is 17.0. The van der Waals surface area contributed by atoms with Crippen LogP contribution in [0.4, 0.5) is 0 Å². The van der Waals surface area contributed by atoms with Gasteiger partial charge < -0.3 is 10.5 Å². The third kappa shape index (κ3) is 5.32. The summed E-state index contributed by atoms with van der Waals surface area (Å²) in [5.74, 6) is 0.883. The fourth-order valence-electron chi connectivity index (χ4n) is 1.23. The summed E-state index contributed by atoms with van der Waals surface area (Å²) in [6, 6.07) is 0. The van der Waals surface area contributed by atoms with Crippen LogP contribution < -0.4 is 5.73 Å². The SMILES string of the molecule is CC.CC.NC(=O)C1=CC2CC2C=[C-]1.[W]. The topological polar surface area (TPSA) is 43.1 Å². The van der Waals surface area contributed by atoms with Crippen LogP contribution in [0, 0.1) is 17.9 Å². The Labute approximate surface area is 107 Å².